The van der Waals surface area contributed by atoms with Crippen LogP contribution in [-0.4, -0.2) is 88.1 Å². The third-order valence-corrected chi connectivity index (χ3v) is 5.87. The molecule has 1 aromatic carbocycles. The van der Waals surface area contributed by atoms with E-state index in [-0.39, 0.29) is 12.7 Å². The highest BCUT2D eigenvalue weighted by molar-refractivity contribution is 5.95. The topological polar surface area (TPSA) is 119 Å². The first-order chi connectivity index (χ1) is 16.9. The Bertz CT molecular complexity index is 957. The molecule has 1 atom stereocenters. The molecule has 3 amide bonds. The summed E-state index contributed by atoms with van der Waals surface area (Å²) in [6.45, 7) is 6.82. The Morgan fingerprint density at radius 1 is 1.06 bits per heavy atom. The van der Waals surface area contributed by atoms with E-state index in [1.54, 1.807) is 39.0 Å². The fraction of sp³-hybridized carbons (Fsp3) is 0.542. The Kier molecular flexibility index (Phi) is 9.32. The van der Waals surface area contributed by atoms with Crippen LogP contribution < -0.4 is 15.4 Å². The second-order valence-electron chi connectivity index (χ2n) is 8.11. The van der Waals surface area contributed by atoms with E-state index >= 15 is 0 Å². The molecule has 1 saturated heterocycles. The van der Waals surface area contributed by atoms with Crippen molar-refractivity contribution in [3.8, 4) is 5.75 Å². The highest BCUT2D eigenvalue weighted by Gasteiger charge is 2.35. The van der Waals surface area contributed by atoms with Gasteiger partial charge in [0, 0.05) is 51.1 Å². The Balaban J connectivity index is 1.89. The number of nitrogens with zero attached hydrogens (tertiary/aromatic N) is 2. The minimum Gasteiger partial charge on any atom is -0.496 e. The predicted octanol–water partition coefficient (Wildman–Crippen LogP) is 1.79. The van der Waals surface area contributed by atoms with Crippen molar-refractivity contribution >= 4 is 18.1 Å². The van der Waals surface area contributed by atoms with E-state index in [1.807, 2.05) is 12.1 Å². The molecular weight excluding hydrogens is 456 g/mol. The molecule has 2 aliphatic rings. The molecule has 0 spiro atoms. The van der Waals surface area contributed by atoms with Crippen molar-refractivity contribution in [2.75, 3.05) is 60.2 Å². The molecule has 11 heteroatoms. The number of amides is 3. The summed E-state index contributed by atoms with van der Waals surface area (Å²) in [5.41, 5.74) is 2.32. The third-order valence-electron chi connectivity index (χ3n) is 5.87. The molecule has 35 heavy (non-hydrogen) atoms. The average Bonchev–Trinajstić information content (AvgIpc) is 2.84. The Hall–Kier alpha value is -3.31. The number of benzene rings is 1. The van der Waals surface area contributed by atoms with Crippen LogP contribution in [0.15, 0.2) is 29.5 Å². The fourth-order valence-electron chi connectivity index (χ4n) is 4.22. The van der Waals surface area contributed by atoms with Crippen LogP contribution in [0.4, 0.5) is 9.59 Å². The summed E-state index contributed by atoms with van der Waals surface area (Å²) in [4.78, 5) is 41.4. The number of hydrogen-bond acceptors (Lipinski definition) is 8. The smallest absolute Gasteiger partial charge is 0.409 e. The molecule has 1 unspecified atom stereocenters. The van der Waals surface area contributed by atoms with E-state index in [9.17, 15) is 14.4 Å². The molecule has 0 aliphatic carbocycles. The van der Waals surface area contributed by atoms with Crippen LogP contribution in [-0.2, 0) is 25.6 Å². The molecule has 192 valence electrons. The van der Waals surface area contributed by atoms with Gasteiger partial charge >= 0.3 is 18.1 Å². The second-order valence-corrected chi connectivity index (χ2v) is 8.11. The number of carbonyl (C=O) groups excluding carboxylic acids is 3. The fourth-order valence-corrected chi connectivity index (χ4v) is 4.22. The maximum absolute atomic E-state index is 13.1. The number of urea groups is 1. The molecule has 0 saturated carbocycles. The summed E-state index contributed by atoms with van der Waals surface area (Å²) < 4.78 is 21.1. The van der Waals surface area contributed by atoms with E-state index in [2.05, 4.69) is 15.5 Å². The van der Waals surface area contributed by atoms with Crippen molar-refractivity contribution in [3.63, 3.8) is 0 Å². The maximum atomic E-state index is 13.1. The van der Waals surface area contributed by atoms with Crippen LogP contribution in [0.25, 0.3) is 0 Å². The van der Waals surface area contributed by atoms with Gasteiger partial charge in [0.05, 0.1) is 38.5 Å². The number of nitrogens with one attached hydrogen (secondary N) is 2. The van der Waals surface area contributed by atoms with Crippen molar-refractivity contribution < 1.29 is 33.3 Å². The normalized spacial score (nSPS) is 18.6. The van der Waals surface area contributed by atoms with Gasteiger partial charge in [0.15, 0.2) is 0 Å². The molecule has 0 aromatic heterocycles. The molecule has 2 heterocycles. The predicted molar refractivity (Wildman–Crippen MR) is 127 cm³/mol. The number of piperazine rings is 1. The Morgan fingerprint density at radius 2 is 1.77 bits per heavy atom. The second kappa shape index (κ2) is 12.4. The number of hydrogen-bond donors (Lipinski definition) is 2. The molecule has 1 fully saturated rings. The lowest BCUT2D eigenvalue weighted by molar-refractivity contribution is -0.139. The highest BCUT2D eigenvalue weighted by atomic mass is 16.6. The number of methoxy groups -OCH3 is 2. The zero-order valence-electron chi connectivity index (χ0n) is 20.7. The maximum Gasteiger partial charge on any atom is 0.409 e. The lowest BCUT2D eigenvalue weighted by Gasteiger charge is -2.36. The summed E-state index contributed by atoms with van der Waals surface area (Å²) >= 11 is 0. The molecule has 2 N–H and O–H groups in total. The van der Waals surface area contributed by atoms with Gasteiger partial charge in [-0.05, 0) is 31.5 Å². The summed E-state index contributed by atoms with van der Waals surface area (Å²) in [5, 5.41) is 5.66. The van der Waals surface area contributed by atoms with Gasteiger partial charge in [0.25, 0.3) is 0 Å². The van der Waals surface area contributed by atoms with E-state index in [0.29, 0.717) is 68.5 Å². The number of rotatable bonds is 9. The van der Waals surface area contributed by atoms with E-state index in [1.165, 1.54) is 0 Å². The van der Waals surface area contributed by atoms with E-state index < -0.39 is 18.0 Å². The first-order valence-corrected chi connectivity index (χ1v) is 11.7. The molecular formula is C24H34N4O7. The minimum atomic E-state index is -0.708. The number of carbonyl (C=O) groups is 3. The highest BCUT2D eigenvalue weighted by Crippen LogP contribution is 2.31. The first-order valence-electron chi connectivity index (χ1n) is 11.7. The molecule has 2 aliphatic heterocycles. The zero-order valence-corrected chi connectivity index (χ0v) is 20.7. The SMILES string of the molecule is CCOC(=O)C1=C(CN2CCN(C(=O)OCC)CC2)NC(=O)NC1c1ccc(OC)c(COC)c1. The Labute approximate surface area is 205 Å². The van der Waals surface area contributed by atoms with Gasteiger partial charge in [-0.3, -0.25) is 4.90 Å². The van der Waals surface area contributed by atoms with Crippen molar-refractivity contribution in [3.05, 3.63) is 40.6 Å². The summed E-state index contributed by atoms with van der Waals surface area (Å²) in [7, 11) is 3.16. The largest absolute Gasteiger partial charge is 0.496 e. The van der Waals surface area contributed by atoms with E-state index in [4.69, 9.17) is 18.9 Å². The molecule has 0 radical (unpaired) electrons. The van der Waals surface area contributed by atoms with E-state index in [0.717, 1.165) is 5.56 Å². The van der Waals surface area contributed by atoms with Gasteiger partial charge in [-0.2, -0.15) is 0 Å². The summed E-state index contributed by atoms with van der Waals surface area (Å²) in [6.07, 6.45) is -0.333. The zero-order chi connectivity index (χ0) is 25.4. The van der Waals surface area contributed by atoms with Crippen LogP contribution in [0.3, 0.4) is 0 Å². The molecule has 1 aromatic rings. The minimum absolute atomic E-state index is 0.200. The van der Waals surface area contributed by atoms with Gasteiger partial charge in [0.1, 0.15) is 5.75 Å². The number of ether oxygens (including phenoxy) is 4. The van der Waals surface area contributed by atoms with Crippen molar-refractivity contribution in [1.29, 1.82) is 0 Å². The number of esters is 1. The standard InChI is InChI=1S/C24H34N4O7/c1-5-34-22(29)20-18(14-27-9-11-28(12-10-27)24(31)35-6-2)25-23(30)26-21(20)16-7-8-19(33-4)17(13-16)15-32-3/h7-8,13,21H,5-6,9-12,14-15H2,1-4H3,(H2,25,26,30). The molecule has 11 nitrogen and oxygen atoms in total. The van der Waals surface area contributed by atoms with Crippen LogP contribution >= 0.6 is 0 Å². The molecule has 3 rings (SSSR count). The van der Waals surface area contributed by atoms with Gasteiger partial charge in [0.2, 0.25) is 0 Å². The first kappa shape index (κ1) is 26.3. The van der Waals surface area contributed by atoms with Gasteiger partial charge < -0.3 is 34.5 Å². The lowest BCUT2D eigenvalue weighted by atomic mass is 9.93. The third kappa shape index (κ3) is 6.43. The van der Waals surface area contributed by atoms with Crippen LogP contribution in [0, 0.1) is 0 Å². The average molecular weight is 491 g/mol. The summed E-state index contributed by atoms with van der Waals surface area (Å²) in [6, 6.07) is 4.33. The Morgan fingerprint density at radius 3 is 2.40 bits per heavy atom. The van der Waals surface area contributed by atoms with Gasteiger partial charge in [-0.1, -0.05) is 6.07 Å². The molecule has 0 bridgehead atoms. The van der Waals surface area contributed by atoms with Gasteiger partial charge in [-0.25, -0.2) is 14.4 Å². The quantitative estimate of drug-likeness (QED) is 0.503. The van der Waals surface area contributed by atoms with Crippen LogP contribution in [0.5, 0.6) is 5.75 Å². The monoisotopic (exact) mass is 490 g/mol. The van der Waals surface area contributed by atoms with Gasteiger partial charge in [-0.15, -0.1) is 0 Å². The van der Waals surface area contributed by atoms with Crippen LogP contribution in [0.2, 0.25) is 0 Å². The van der Waals surface area contributed by atoms with Crippen molar-refractivity contribution in [2.24, 2.45) is 0 Å². The van der Waals surface area contributed by atoms with Crippen molar-refractivity contribution in [1.82, 2.24) is 20.4 Å². The van der Waals surface area contributed by atoms with Crippen LogP contribution in [0.1, 0.15) is 31.0 Å². The lowest BCUT2D eigenvalue weighted by Crippen LogP contribution is -2.52. The summed E-state index contributed by atoms with van der Waals surface area (Å²) in [5.74, 6) is 0.145. The van der Waals surface area contributed by atoms with Crippen molar-refractivity contribution in [2.45, 2.75) is 26.5 Å².